The Morgan fingerprint density at radius 1 is 0.967 bits per heavy atom. The molecular formula is C20H21N5O5. The van der Waals surface area contributed by atoms with Gasteiger partial charge in [0.1, 0.15) is 0 Å². The summed E-state index contributed by atoms with van der Waals surface area (Å²) in [6.07, 6.45) is 5.73. The van der Waals surface area contributed by atoms with Crippen LogP contribution in [0.4, 0.5) is 17.1 Å². The van der Waals surface area contributed by atoms with Crippen molar-refractivity contribution < 1.29 is 14.6 Å². The van der Waals surface area contributed by atoms with Crippen molar-refractivity contribution in [1.29, 1.82) is 0 Å². The van der Waals surface area contributed by atoms with Gasteiger partial charge in [-0.15, -0.1) is 0 Å². The molecule has 1 fully saturated rings. The Kier molecular flexibility index (Phi) is 6.68. The first-order valence-electron chi connectivity index (χ1n) is 9.57. The number of nitro groups is 2. The van der Waals surface area contributed by atoms with Gasteiger partial charge < -0.3 is 4.90 Å². The average Bonchev–Trinajstić information content (AvgIpc) is 3.03. The standard InChI is InChI=1S/C20H21N5O5/c26-20(15-6-5-7-17(12-15)24(27)28)22-21-14-16-13-18(25(29)30)8-9-19(16)23-10-3-1-2-4-11-23/h5-9,12-14H,1-4,10-11H2,(H,22,26)/b21-14-. The number of hydrogen-bond donors (Lipinski definition) is 1. The Labute approximate surface area is 172 Å². The van der Waals surface area contributed by atoms with Crippen LogP contribution in [0, 0.1) is 20.2 Å². The van der Waals surface area contributed by atoms with Crippen molar-refractivity contribution in [2.75, 3.05) is 18.0 Å². The van der Waals surface area contributed by atoms with Crippen molar-refractivity contribution in [3.63, 3.8) is 0 Å². The second-order valence-corrected chi connectivity index (χ2v) is 6.91. The van der Waals surface area contributed by atoms with Crippen molar-refractivity contribution in [2.45, 2.75) is 25.7 Å². The van der Waals surface area contributed by atoms with E-state index >= 15 is 0 Å². The van der Waals surface area contributed by atoms with Crippen LogP contribution < -0.4 is 10.3 Å². The molecule has 156 valence electrons. The number of hydrazone groups is 1. The lowest BCUT2D eigenvalue weighted by Gasteiger charge is -2.24. The molecule has 0 spiro atoms. The molecule has 0 atom stereocenters. The molecule has 3 rings (SSSR count). The highest BCUT2D eigenvalue weighted by Crippen LogP contribution is 2.26. The third kappa shape index (κ3) is 5.16. The number of non-ortho nitro benzene ring substituents is 2. The van der Waals surface area contributed by atoms with Crippen LogP contribution in [-0.4, -0.2) is 35.1 Å². The van der Waals surface area contributed by atoms with E-state index in [0.29, 0.717) is 5.56 Å². The van der Waals surface area contributed by atoms with Crippen molar-refractivity contribution in [2.24, 2.45) is 5.10 Å². The van der Waals surface area contributed by atoms with Crippen LogP contribution in [0.2, 0.25) is 0 Å². The molecule has 1 heterocycles. The molecule has 0 radical (unpaired) electrons. The van der Waals surface area contributed by atoms with Gasteiger partial charge in [0.15, 0.2) is 0 Å². The SMILES string of the molecule is O=C(N/N=C\c1cc([N+](=O)[O-])ccc1N1CCCCCC1)c1cccc([N+](=O)[O-])c1. The van der Waals surface area contributed by atoms with E-state index in [-0.39, 0.29) is 16.9 Å². The smallest absolute Gasteiger partial charge is 0.271 e. The minimum absolute atomic E-state index is 0.0694. The molecule has 10 nitrogen and oxygen atoms in total. The zero-order chi connectivity index (χ0) is 21.5. The lowest BCUT2D eigenvalue weighted by Crippen LogP contribution is -2.25. The van der Waals surface area contributed by atoms with Crippen LogP contribution in [-0.2, 0) is 0 Å². The number of nitrogens with one attached hydrogen (secondary N) is 1. The molecule has 2 aromatic rings. The van der Waals surface area contributed by atoms with Gasteiger partial charge in [0.05, 0.1) is 16.1 Å². The van der Waals surface area contributed by atoms with Crippen LogP contribution in [0.25, 0.3) is 0 Å². The number of benzene rings is 2. The second-order valence-electron chi connectivity index (χ2n) is 6.91. The van der Waals surface area contributed by atoms with Gasteiger partial charge >= 0.3 is 0 Å². The number of carbonyl (C=O) groups excluding carboxylic acids is 1. The van der Waals surface area contributed by atoms with Gasteiger partial charge in [-0.2, -0.15) is 5.10 Å². The molecular weight excluding hydrogens is 390 g/mol. The van der Waals surface area contributed by atoms with Gasteiger partial charge in [-0.05, 0) is 25.0 Å². The number of anilines is 1. The summed E-state index contributed by atoms with van der Waals surface area (Å²) in [5.41, 5.74) is 3.48. The first-order valence-corrected chi connectivity index (χ1v) is 9.57. The molecule has 1 aliphatic rings. The number of rotatable bonds is 6. The van der Waals surface area contributed by atoms with Gasteiger partial charge in [0.2, 0.25) is 0 Å². The first kappa shape index (κ1) is 20.9. The summed E-state index contributed by atoms with van der Waals surface area (Å²) >= 11 is 0. The van der Waals surface area contributed by atoms with Crippen LogP contribution in [0.5, 0.6) is 0 Å². The highest BCUT2D eigenvalue weighted by molar-refractivity contribution is 5.96. The Bertz CT molecular complexity index is 983. The maximum absolute atomic E-state index is 12.3. The molecule has 0 aromatic heterocycles. The molecule has 0 aliphatic carbocycles. The van der Waals surface area contributed by atoms with E-state index in [4.69, 9.17) is 0 Å². The zero-order valence-corrected chi connectivity index (χ0v) is 16.2. The monoisotopic (exact) mass is 411 g/mol. The van der Waals surface area contributed by atoms with Crippen molar-refractivity contribution in [3.05, 3.63) is 73.8 Å². The summed E-state index contributed by atoms with van der Waals surface area (Å²) in [6, 6.07) is 9.87. The van der Waals surface area contributed by atoms with Crippen molar-refractivity contribution in [1.82, 2.24) is 5.43 Å². The minimum atomic E-state index is -0.614. The molecule has 1 aliphatic heterocycles. The Balaban J connectivity index is 1.81. The molecule has 0 unspecified atom stereocenters. The van der Waals surface area contributed by atoms with Gasteiger partial charge in [0, 0.05) is 54.2 Å². The summed E-state index contributed by atoms with van der Waals surface area (Å²) in [5, 5.41) is 26.0. The van der Waals surface area contributed by atoms with E-state index in [1.54, 1.807) is 6.07 Å². The van der Waals surface area contributed by atoms with E-state index < -0.39 is 15.8 Å². The minimum Gasteiger partial charge on any atom is -0.371 e. The molecule has 0 bridgehead atoms. The Morgan fingerprint density at radius 2 is 1.63 bits per heavy atom. The molecule has 1 N–H and O–H groups in total. The topological polar surface area (TPSA) is 131 Å². The summed E-state index contributed by atoms with van der Waals surface area (Å²) in [5.74, 6) is -0.614. The van der Waals surface area contributed by atoms with E-state index in [9.17, 15) is 25.0 Å². The highest BCUT2D eigenvalue weighted by Gasteiger charge is 2.17. The third-order valence-electron chi connectivity index (χ3n) is 4.86. The number of nitro benzene ring substituents is 2. The summed E-state index contributed by atoms with van der Waals surface area (Å²) in [6.45, 7) is 1.69. The number of hydrogen-bond acceptors (Lipinski definition) is 7. The van der Waals surface area contributed by atoms with Gasteiger partial charge in [0.25, 0.3) is 17.3 Å². The third-order valence-corrected chi connectivity index (χ3v) is 4.86. The van der Waals surface area contributed by atoms with E-state index in [1.165, 1.54) is 36.5 Å². The van der Waals surface area contributed by atoms with Crippen LogP contribution in [0.15, 0.2) is 47.6 Å². The maximum atomic E-state index is 12.3. The molecule has 10 heteroatoms. The van der Waals surface area contributed by atoms with E-state index in [0.717, 1.165) is 50.5 Å². The lowest BCUT2D eigenvalue weighted by atomic mass is 10.1. The van der Waals surface area contributed by atoms with Crippen LogP contribution in [0.1, 0.15) is 41.6 Å². The van der Waals surface area contributed by atoms with Gasteiger partial charge in [-0.25, -0.2) is 5.43 Å². The number of nitrogens with zero attached hydrogens (tertiary/aromatic N) is 4. The first-order chi connectivity index (χ1) is 14.5. The Hall–Kier alpha value is -3.82. The van der Waals surface area contributed by atoms with Crippen LogP contribution in [0.3, 0.4) is 0 Å². The van der Waals surface area contributed by atoms with E-state index in [2.05, 4.69) is 15.4 Å². The predicted octanol–water partition coefficient (Wildman–Crippen LogP) is 3.65. The van der Waals surface area contributed by atoms with Gasteiger partial charge in [-0.1, -0.05) is 18.9 Å². The van der Waals surface area contributed by atoms with Crippen LogP contribution >= 0.6 is 0 Å². The normalized spacial score (nSPS) is 14.3. The highest BCUT2D eigenvalue weighted by atomic mass is 16.6. The fourth-order valence-corrected chi connectivity index (χ4v) is 3.34. The number of carbonyl (C=O) groups is 1. The average molecular weight is 411 g/mol. The number of amides is 1. The molecule has 0 saturated carbocycles. The quantitative estimate of drug-likeness (QED) is 0.438. The summed E-state index contributed by atoms with van der Waals surface area (Å²) < 4.78 is 0. The fourth-order valence-electron chi connectivity index (χ4n) is 3.34. The maximum Gasteiger partial charge on any atom is 0.271 e. The molecule has 1 amide bonds. The fraction of sp³-hybridized carbons (Fsp3) is 0.300. The summed E-state index contributed by atoms with van der Waals surface area (Å²) in [4.78, 5) is 35.4. The molecule has 1 saturated heterocycles. The van der Waals surface area contributed by atoms with Crippen molar-refractivity contribution >= 4 is 29.2 Å². The molecule has 2 aromatic carbocycles. The Morgan fingerprint density at radius 3 is 2.30 bits per heavy atom. The molecule has 30 heavy (non-hydrogen) atoms. The largest absolute Gasteiger partial charge is 0.371 e. The second kappa shape index (κ2) is 9.59. The lowest BCUT2D eigenvalue weighted by molar-refractivity contribution is -0.385. The zero-order valence-electron chi connectivity index (χ0n) is 16.2. The van der Waals surface area contributed by atoms with Gasteiger partial charge in [-0.3, -0.25) is 25.0 Å². The van der Waals surface area contributed by atoms with Crippen molar-refractivity contribution in [3.8, 4) is 0 Å². The van der Waals surface area contributed by atoms with E-state index in [1.807, 2.05) is 0 Å². The summed E-state index contributed by atoms with van der Waals surface area (Å²) in [7, 11) is 0. The predicted molar refractivity (Wildman–Crippen MR) is 112 cm³/mol.